The van der Waals surface area contributed by atoms with Gasteiger partial charge in [-0.3, -0.25) is 0 Å². The van der Waals surface area contributed by atoms with E-state index in [1.165, 1.54) is 20.5 Å². The molecule has 0 nitrogen and oxygen atoms in total. The average molecular weight is 388 g/mol. The second-order valence-corrected chi connectivity index (χ2v) is 7.11. The maximum Gasteiger partial charge on any atom is 0.0314 e. The SMILES string of the molecule is Cc1cccc(CC(CBr)Cc2sccc2Br)c1. The van der Waals surface area contributed by atoms with Crippen LogP contribution in [0.1, 0.15) is 16.0 Å². The fourth-order valence-electron chi connectivity index (χ4n) is 2.09. The van der Waals surface area contributed by atoms with Crippen molar-refractivity contribution in [2.45, 2.75) is 19.8 Å². The number of thiophene rings is 1. The summed E-state index contributed by atoms with van der Waals surface area (Å²) in [6.07, 6.45) is 2.27. The molecule has 0 spiro atoms. The van der Waals surface area contributed by atoms with Crippen molar-refractivity contribution in [3.05, 3.63) is 56.2 Å². The van der Waals surface area contributed by atoms with Gasteiger partial charge in [0.2, 0.25) is 0 Å². The molecule has 0 bridgehead atoms. The van der Waals surface area contributed by atoms with Gasteiger partial charge < -0.3 is 0 Å². The predicted molar refractivity (Wildman–Crippen MR) is 87.9 cm³/mol. The largest absolute Gasteiger partial charge is 0.148 e. The summed E-state index contributed by atoms with van der Waals surface area (Å²) < 4.78 is 1.25. The van der Waals surface area contributed by atoms with Gasteiger partial charge in [0.15, 0.2) is 0 Å². The molecular weight excluding hydrogens is 372 g/mol. The van der Waals surface area contributed by atoms with E-state index in [-0.39, 0.29) is 0 Å². The van der Waals surface area contributed by atoms with Gasteiger partial charge >= 0.3 is 0 Å². The normalized spacial score (nSPS) is 12.6. The summed E-state index contributed by atoms with van der Waals surface area (Å²) >= 11 is 9.11. The molecule has 0 aliphatic carbocycles. The lowest BCUT2D eigenvalue weighted by molar-refractivity contribution is 0.595. The van der Waals surface area contributed by atoms with Gasteiger partial charge in [0, 0.05) is 14.7 Å². The zero-order chi connectivity index (χ0) is 13.0. The van der Waals surface area contributed by atoms with Gasteiger partial charge in [-0.15, -0.1) is 11.3 Å². The second-order valence-electron chi connectivity index (χ2n) is 4.61. The maximum absolute atomic E-state index is 3.65. The van der Waals surface area contributed by atoms with E-state index in [0.29, 0.717) is 5.92 Å². The lowest BCUT2D eigenvalue weighted by Crippen LogP contribution is -2.09. The van der Waals surface area contributed by atoms with Crippen LogP contribution >= 0.6 is 43.2 Å². The fourth-order valence-corrected chi connectivity index (χ4v) is 4.17. The highest BCUT2D eigenvalue weighted by Gasteiger charge is 2.12. The van der Waals surface area contributed by atoms with Crippen LogP contribution in [0, 0.1) is 12.8 Å². The number of aryl methyl sites for hydroxylation is 1. The minimum atomic E-state index is 0.654. The van der Waals surface area contributed by atoms with E-state index in [9.17, 15) is 0 Å². The highest BCUT2D eigenvalue weighted by Crippen LogP contribution is 2.27. The first kappa shape index (κ1) is 14.3. The quantitative estimate of drug-likeness (QED) is 0.584. The molecule has 1 aromatic carbocycles. The van der Waals surface area contributed by atoms with Gasteiger partial charge in [-0.2, -0.15) is 0 Å². The molecule has 18 heavy (non-hydrogen) atoms. The van der Waals surface area contributed by atoms with Crippen molar-refractivity contribution >= 4 is 43.2 Å². The number of hydrogen-bond donors (Lipinski definition) is 0. The Morgan fingerprint density at radius 1 is 1.22 bits per heavy atom. The van der Waals surface area contributed by atoms with Crippen LogP contribution in [0.5, 0.6) is 0 Å². The maximum atomic E-state index is 3.65. The van der Waals surface area contributed by atoms with Crippen molar-refractivity contribution in [1.29, 1.82) is 0 Å². The molecule has 1 heterocycles. The lowest BCUT2D eigenvalue weighted by Gasteiger charge is -2.14. The summed E-state index contributed by atoms with van der Waals surface area (Å²) in [6, 6.07) is 11.0. The van der Waals surface area contributed by atoms with Crippen molar-refractivity contribution in [3.8, 4) is 0 Å². The molecule has 0 fully saturated rings. The van der Waals surface area contributed by atoms with Gasteiger partial charge in [-0.25, -0.2) is 0 Å². The minimum Gasteiger partial charge on any atom is -0.148 e. The Kier molecular flexibility index (Phi) is 5.46. The first-order chi connectivity index (χ1) is 8.69. The Labute approximate surface area is 130 Å². The fraction of sp³-hybridized carbons (Fsp3) is 0.333. The van der Waals surface area contributed by atoms with Crippen molar-refractivity contribution in [3.63, 3.8) is 0 Å². The third-order valence-corrected chi connectivity index (χ3v) is 5.85. The van der Waals surface area contributed by atoms with Gasteiger partial charge in [0.25, 0.3) is 0 Å². The molecule has 1 atom stereocenters. The van der Waals surface area contributed by atoms with Crippen LogP contribution in [0.15, 0.2) is 40.2 Å². The molecule has 96 valence electrons. The molecule has 2 aromatic rings. The first-order valence-electron chi connectivity index (χ1n) is 6.02. The number of halogens is 2. The third kappa shape index (κ3) is 3.94. The molecule has 0 saturated heterocycles. The topological polar surface area (TPSA) is 0 Å². The molecule has 1 unspecified atom stereocenters. The molecule has 2 rings (SSSR count). The van der Waals surface area contributed by atoms with Crippen molar-refractivity contribution in [2.24, 2.45) is 5.92 Å². The van der Waals surface area contributed by atoms with Crippen molar-refractivity contribution < 1.29 is 0 Å². The van der Waals surface area contributed by atoms with Gasteiger partial charge in [0.1, 0.15) is 0 Å². The van der Waals surface area contributed by atoms with E-state index in [0.717, 1.165) is 18.2 Å². The van der Waals surface area contributed by atoms with Crippen LogP contribution in [0.3, 0.4) is 0 Å². The van der Waals surface area contributed by atoms with Crippen molar-refractivity contribution in [2.75, 3.05) is 5.33 Å². The summed E-state index contributed by atoms with van der Waals surface area (Å²) in [5.74, 6) is 0.654. The predicted octanol–water partition coefficient (Wildman–Crippen LogP) is 5.62. The summed E-state index contributed by atoms with van der Waals surface area (Å²) in [7, 11) is 0. The number of rotatable bonds is 5. The first-order valence-corrected chi connectivity index (χ1v) is 8.82. The lowest BCUT2D eigenvalue weighted by atomic mass is 9.96. The van der Waals surface area contributed by atoms with Gasteiger partial charge in [-0.1, -0.05) is 45.8 Å². The van der Waals surface area contributed by atoms with E-state index in [1.807, 2.05) is 11.3 Å². The number of alkyl halides is 1. The summed E-state index contributed by atoms with van der Waals surface area (Å²) in [4.78, 5) is 1.45. The average Bonchev–Trinajstić information content (AvgIpc) is 2.74. The minimum absolute atomic E-state index is 0.654. The number of hydrogen-bond acceptors (Lipinski definition) is 1. The van der Waals surface area contributed by atoms with Crippen LogP contribution in [-0.4, -0.2) is 5.33 Å². The summed E-state index contributed by atoms with van der Waals surface area (Å²) in [6.45, 7) is 2.16. The Morgan fingerprint density at radius 2 is 2.06 bits per heavy atom. The molecular formula is C15H16Br2S. The standard InChI is InChI=1S/C15H16Br2S/c1-11-3-2-4-12(7-11)8-13(10-16)9-15-14(17)5-6-18-15/h2-7,13H,8-10H2,1H3. The Morgan fingerprint density at radius 3 is 2.67 bits per heavy atom. The smallest absolute Gasteiger partial charge is 0.0314 e. The van der Waals surface area contributed by atoms with E-state index >= 15 is 0 Å². The monoisotopic (exact) mass is 386 g/mol. The third-order valence-electron chi connectivity index (χ3n) is 2.99. The molecule has 1 aromatic heterocycles. The second kappa shape index (κ2) is 6.88. The Bertz CT molecular complexity index is 505. The van der Waals surface area contributed by atoms with Crippen LogP contribution in [0.4, 0.5) is 0 Å². The Balaban J connectivity index is 2.04. The molecule has 0 saturated carbocycles. The van der Waals surface area contributed by atoms with E-state index < -0.39 is 0 Å². The summed E-state index contributed by atoms with van der Waals surface area (Å²) in [5.41, 5.74) is 2.78. The van der Waals surface area contributed by atoms with Crippen LogP contribution in [0.25, 0.3) is 0 Å². The van der Waals surface area contributed by atoms with Gasteiger partial charge in [-0.05, 0) is 58.6 Å². The Hall–Kier alpha value is -0.120. The molecule has 0 N–H and O–H groups in total. The zero-order valence-corrected chi connectivity index (χ0v) is 14.3. The highest BCUT2D eigenvalue weighted by atomic mass is 79.9. The summed E-state index contributed by atoms with van der Waals surface area (Å²) in [5, 5.41) is 3.20. The molecule has 0 radical (unpaired) electrons. The molecule has 0 aliphatic rings. The zero-order valence-electron chi connectivity index (χ0n) is 10.3. The van der Waals surface area contributed by atoms with E-state index in [2.05, 4.69) is 74.5 Å². The van der Waals surface area contributed by atoms with Crippen molar-refractivity contribution in [1.82, 2.24) is 0 Å². The van der Waals surface area contributed by atoms with E-state index in [1.54, 1.807) is 0 Å². The van der Waals surface area contributed by atoms with Gasteiger partial charge in [0.05, 0.1) is 0 Å². The molecule has 3 heteroatoms. The van der Waals surface area contributed by atoms with Crippen LogP contribution in [-0.2, 0) is 12.8 Å². The highest BCUT2D eigenvalue weighted by molar-refractivity contribution is 9.10. The van der Waals surface area contributed by atoms with Crippen LogP contribution in [0.2, 0.25) is 0 Å². The van der Waals surface area contributed by atoms with Crippen LogP contribution < -0.4 is 0 Å². The molecule has 0 aliphatic heterocycles. The number of benzene rings is 1. The molecule has 0 amide bonds. The van der Waals surface area contributed by atoms with E-state index in [4.69, 9.17) is 0 Å².